The molecule has 0 N–H and O–H groups in total. The minimum atomic E-state index is -3.56. The molecule has 2 aromatic rings. The number of halogens is 1. The molecular weight excluding hydrogens is 336 g/mol. The van der Waals surface area contributed by atoms with E-state index in [1.165, 1.54) is 16.8 Å². The molecule has 3 rings (SSSR count). The summed E-state index contributed by atoms with van der Waals surface area (Å²) in [5.41, 5.74) is 1.01. The fourth-order valence-electron chi connectivity index (χ4n) is 2.85. The molecule has 0 bridgehead atoms. The summed E-state index contributed by atoms with van der Waals surface area (Å²) in [5, 5.41) is 0.779. The number of sulfonamides is 1. The number of aromatic nitrogens is 2. The maximum absolute atomic E-state index is 12.7. The molecule has 1 atom stereocenters. The highest BCUT2D eigenvalue weighted by atomic mass is 35.5. The number of piperazine rings is 1. The first-order valence-corrected chi connectivity index (χ1v) is 9.20. The van der Waals surface area contributed by atoms with Gasteiger partial charge in [-0.25, -0.2) is 13.4 Å². The van der Waals surface area contributed by atoms with E-state index in [0.29, 0.717) is 24.7 Å². The topological polar surface area (TPSA) is 58.4 Å². The first-order chi connectivity index (χ1) is 10.9. The molecule has 0 unspecified atom stereocenters. The van der Waals surface area contributed by atoms with Crippen LogP contribution in [0.3, 0.4) is 0 Å². The monoisotopic (exact) mass is 354 g/mol. The highest BCUT2D eigenvalue weighted by Gasteiger charge is 2.35. The molecule has 0 amide bonds. The molecule has 0 saturated carbocycles. The van der Waals surface area contributed by atoms with Gasteiger partial charge in [-0.05, 0) is 25.1 Å². The predicted molar refractivity (Wildman–Crippen MR) is 90.2 cm³/mol. The van der Waals surface area contributed by atoms with Crippen molar-refractivity contribution in [3.63, 3.8) is 0 Å². The van der Waals surface area contributed by atoms with Gasteiger partial charge in [-0.3, -0.25) is 0 Å². The van der Waals surface area contributed by atoms with Gasteiger partial charge < -0.3 is 9.47 Å². The van der Waals surface area contributed by atoms with E-state index < -0.39 is 10.0 Å². The predicted octanol–water partition coefficient (Wildman–Crippen LogP) is 1.97. The standard InChI is InChI=1S/C15H19ClN4O2S/c1-12-9-19(14-5-3-4-13(16)8-14)6-7-20(12)23(21,22)15-10-18(2)11-17-15/h3-5,8,10-12H,6-7,9H2,1-2H3/t12-/m1/s1. The van der Waals surface area contributed by atoms with Crippen molar-refractivity contribution in [2.24, 2.45) is 7.05 Å². The summed E-state index contributed by atoms with van der Waals surface area (Å²) in [5.74, 6) is 0. The third-order valence-corrected chi connectivity index (χ3v) is 6.13. The van der Waals surface area contributed by atoms with Crippen molar-refractivity contribution in [1.82, 2.24) is 13.9 Å². The van der Waals surface area contributed by atoms with Crippen LogP contribution in [0.5, 0.6) is 0 Å². The first kappa shape index (κ1) is 16.3. The van der Waals surface area contributed by atoms with E-state index in [4.69, 9.17) is 11.6 Å². The lowest BCUT2D eigenvalue weighted by atomic mass is 10.2. The van der Waals surface area contributed by atoms with Gasteiger partial charge in [-0.15, -0.1) is 0 Å². The Morgan fingerprint density at radius 1 is 1.30 bits per heavy atom. The third-order valence-electron chi connectivity index (χ3n) is 3.99. The van der Waals surface area contributed by atoms with Crippen LogP contribution in [0.4, 0.5) is 5.69 Å². The van der Waals surface area contributed by atoms with Gasteiger partial charge in [-0.2, -0.15) is 4.31 Å². The average Bonchev–Trinajstić information content (AvgIpc) is 2.94. The van der Waals surface area contributed by atoms with Gasteiger partial charge in [-0.1, -0.05) is 17.7 Å². The summed E-state index contributed by atoms with van der Waals surface area (Å²) >= 11 is 6.04. The fraction of sp³-hybridized carbons (Fsp3) is 0.400. The van der Waals surface area contributed by atoms with E-state index in [1.54, 1.807) is 11.6 Å². The summed E-state index contributed by atoms with van der Waals surface area (Å²) in [6, 6.07) is 7.48. The zero-order chi connectivity index (χ0) is 16.6. The van der Waals surface area contributed by atoms with Gasteiger partial charge in [0.2, 0.25) is 0 Å². The summed E-state index contributed by atoms with van der Waals surface area (Å²) in [7, 11) is -1.80. The van der Waals surface area contributed by atoms with E-state index in [1.807, 2.05) is 31.2 Å². The lowest BCUT2D eigenvalue weighted by molar-refractivity contribution is 0.306. The second-order valence-electron chi connectivity index (χ2n) is 5.77. The molecule has 1 fully saturated rings. The Hall–Kier alpha value is -1.57. The minimum Gasteiger partial charge on any atom is -0.369 e. The van der Waals surface area contributed by atoms with E-state index in [-0.39, 0.29) is 11.1 Å². The van der Waals surface area contributed by atoms with Crippen LogP contribution in [0, 0.1) is 0 Å². The molecule has 8 heteroatoms. The molecule has 0 radical (unpaired) electrons. The molecule has 6 nitrogen and oxygen atoms in total. The number of hydrogen-bond acceptors (Lipinski definition) is 4. The molecule has 124 valence electrons. The number of hydrogen-bond donors (Lipinski definition) is 0. The molecule has 1 aliphatic rings. The van der Waals surface area contributed by atoms with Gasteiger partial charge in [0.05, 0.1) is 6.33 Å². The number of rotatable bonds is 3. The Balaban J connectivity index is 1.79. The Morgan fingerprint density at radius 2 is 2.09 bits per heavy atom. The molecule has 1 aliphatic heterocycles. The van der Waals surface area contributed by atoms with E-state index in [0.717, 1.165) is 5.69 Å². The van der Waals surface area contributed by atoms with Crippen molar-refractivity contribution in [2.45, 2.75) is 18.0 Å². The molecular formula is C15H19ClN4O2S. The van der Waals surface area contributed by atoms with Crippen molar-refractivity contribution >= 4 is 27.3 Å². The van der Waals surface area contributed by atoms with Crippen LogP contribution in [-0.4, -0.2) is 48.0 Å². The van der Waals surface area contributed by atoms with Crippen LogP contribution in [-0.2, 0) is 17.1 Å². The van der Waals surface area contributed by atoms with Crippen LogP contribution in [0.1, 0.15) is 6.92 Å². The highest BCUT2D eigenvalue weighted by Crippen LogP contribution is 2.25. The minimum absolute atomic E-state index is 0.100. The van der Waals surface area contributed by atoms with Crippen LogP contribution in [0.15, 0.2) is 41.8 Å². The normalized spacial score (nSPS) is 20.0. The van der Waals surface area contributed by atoms with Gasteiger partial charge in [0.15, 0.2) is 5.03 Å². The highest BCUT2D eigenvalue weighted by molar-refractivity contribution is 7.89. The maximum atomic E-state index is 12.7. The Bertz CT molecular complexity index is 805. The van der Waals surface area contributed by atoms with Gasteiger partial charge in [0.25, 0.3) is 10.0 Å². The molecule has 1 aromatic heterocycles. The molecule has 0 spiro atoms. The number of anilines is 1. The van der Waals surface area contributed by atoms with Crippen LogP contribution in [0.2, 0.25) is 5.02 Å². The number of nitrogens with zero attached hydrogens (tertiary/aromatic N) is 4. The zero-order valence-electron chi connectivity index (χ0n) is 13.1. The number of aryl methyl sites for hydroxylation is 1. The summed E-state index contributed by atoms with van der Waals surface area (Å²) < 4.78 is 28.6. The lowest BCUT2D eigenvalue weighted by Crippen LogP contribution is -2.54. The Labute approximate surface area is 141 Å². The quantitative estimate of drug-likeness (QED) is 0.845. The van der Waals surface area contributed by atoms with Crippen LogP contribution >= 0.6 is 11.6 Å². The van der Waals surface area contributed by atoms with Crippen molar-refractivity contribution in [3.8, 4) is 0 Å². The average molecular weight is 355 g/mol. The summed E-state index contributed by atoms with van der Waals surface area (Å²) in [4.78, 5) is 6.14. The maximum Gasteiger partial charge on any atom is 0.262 e. The molecule has 1 aromatic carbocycles. The largest absolute Gasteiger partial charge is 0.369 e. The van der Waals surface area contributed by atoms with Gasteiger partial charge >= 0.3 is 0 Å². The summed E-state index contributed by atoms with van der Waals surface area (Å²) in [6.07, 6.45) is 3.03. The SMILES string of the molecule is C[C@@H]1CN(c2cccc(Cl)c2)CCN1S(=O)(=O)c1cn(C)cn1. The van der Waals surface area contributed by atoms with E-state index >= 15 is 0 Å². The van der Waals surface area contributed by atoms with Crippen molar-refractivity contribution < 1.29 is 8.42 Å². The molecule has 0 aliphatic carbocycles. The fourth-order valence-corrected chi connectivity index (χ4v) is 4.61. The van der Waals surface area contributed by atoms with Crippen molar-refractivity contribution in [2.75, 3.05) is 24.5 Å². The Morgan fingerprint density at radius 3 is 2.70 bits per heavy atom. The van der Waals surface area contributed by atoms with Crippen LogP contribution < -0.4 is 4.90 Å². The third kappa shape index (κ3) is 3.22. The van der Waals surface area contributed by atoms with Gasteiger partial charge in [0.1, 0.15) is 0 Å². The summed E-state index contributed by atoms with van der Waals surface area (Å²) in [6.45, 7) is 3.58. The van der Waals surface area contributed by atoms with E-state index in [2.05, 4.69) is 9.88 Å². The number of imidazole rings is 1. The second-order valence-corrected chi connectivity index (χ2v) is 8.04. The number of benzene rings is 1. The molecule has 2 heterocycles. The molecule has 23 heavy (non-hydrogen) atoms. The van der Waals surface area contributed by atoms with Crippen molar-refractivity contribution in [1.29, 1.82) is 0 Å². The van der Waals surface area contributed by atoms with Crippen LogP contribution in [0.25, 0.3) is 0 Å². The van der Waals surface area contributed by atoms with E-state index in [9.17, 15) is 8.42 Å². The lowest BCUT2D eigenvalue weighted by Gasteiger charge is -2.39. The smallest absolute Gasteiger partial charge is 0.262 e. The second kappa shape index (κ2) is 6.14. The van der Waals surface area contributed by atoms with Gasteiger partial charge in [0, 0.05) is 49.6 Å². The first-order valence-electron chi connectivity index (χ1n) is 7.38. The molecule has 1 saturated heterocycles. The zero-order valence-corrected chi connectivity index (χ0v) is 14.6. The Kier molecular flexibility index (Phi) is 4.35. The van der Waals surface area contributed by atoms with Crippen molar-refractivity contribution in [3.05, 3.63) is 41.8 Å².